The third-order valence-corrected chi connectivity index (χ3v) is 5.27. The van der Waals surface area contributed by atoms with E-state index in [0.717, 1.165) is 39.5 Å². The Morgan fingerprint density at radius 3 is 2.72 bits per heavy atom. The fourth-order valence-electron chi connectivity index (χ4n) is 2.81. The van der Waals surface area contributed by atoms with E-state index in [0.29, 0.717) is 0 Å². The quantitative estimate of drug-likeness (QED) is 0.471. The molecule has 0 saturated heterocycles. The number of ether oxygens (including phenoxy) is 1. The van der Waals surface area contributed by atoms with Gasteiger partial charge in [-0.2, -0.15) is 0 Å². The van der Waals surface area contributed by atoms with Crippen molar-refractivity contribution in [2.45, 2.75) is 26.4 Å². The van der Waals surface area contributed by atoms with Gasteiger partial charge >= 0.3 is 0 Å². The number of thiazole rings is 1. The molecule has 3 nitrogen and oxygen atoms in total. The molecule has 4 heteroatoms. The van der Waals surface area contributed by atoms with Gasteiger partial charge in [0, 0.05) is 33.6 Å². The molecule has 2 heterocycles. The molecule has 0 fully saturated rings. The second kappa shape index (κ2) is 6.73. The van der Waals surface area contributed by atoms with Crippen LogP contribution >= 0.6 is 11.3 Å². The minimum atomic E-state index is 0.235. The van der Waals surface area contributed by atoms with Crippen LogP contribution in [-0.2, 0) is 0 Å². The smallest absolute Gasteiger partial charge is 0.124 e. The second-order valence-corrected chi connectivity index (χ2v) is 7.01. The van der Waals surface area contributed by atoms with E-state index in [1.807, 2.05) is 24.4 Å². The van der Waals surface area contributed by atoms with Gasteiger partial charge < -0.3 is 9.72 Å². The van der Waals surface area contributed by atoms with E-state index >= 15 is 0 Å². The molecular weight excluding hydrogens is 328 g/mol. The average Bonchev–Trinajstić information content (AvgIpc) is 3.29. The van der Waals surface area contributed by atoms with Crippen LogP contribution in [0.25, 0.3) is 32.7 Å². The number of H-pyrrole nitrogens is 1. The van der Waals surface area contributed by atoms with E-state index < -0.39 is 0 Å². The highest BCUT2D eigenvalue weighted by Crippen LogP contribution is 2.33. The lowest BCUT2D eigenvalue weighted by Crippen LogP contribution is -2.09. The number of nitrogens with one attached hydrogen (secondary N) is 1. The molecule has 25 heavy (non-hydrogen) atoms. The van der Waals surface area contributed by atoms with Gasteiger partial charge in [0.2, 0.25) is 0 Å². The minimum absolute atomic E-state index is 0.235. The van der Waals surface area contributed by atoms with Gasteiger partial charge in [0.1, 0.15) is 10.8 Å². The highest BCUT2D eigenvalue weighted by molar-refractivity contribution is 7.13. The predicted molar refractivity (Wildman–Crippen MR) is 105 cm³/mol. The Balaban J connectivity index is 1.61. The highest BCUT2D eigenvalue weighted by atomic mass is 32.1. The van der Waals surface area contributed by atoms with E-state index in [1.165, 1.54) is 5.39 Å². The summed E-state index contributed by atoms with van der Waals surface area (Å²) in [6.07, 6.45) is 3.27. The van der Waals surface area contributed by atoms with Crippen molar-refractivity contribution in [1.82, 2.24) is 9.97 Å². The molecule has 0 bridgehead atoms. The Hall–Kier alpha value is -2.59. The molecule has 0 aliphatic carbocycles. The number of nitrogens with zero attached hydrogens (tertiary/aromatic N) is 1. The van der Waals surface area contributed by atoms with Gasteiger partial charge in [0.25, 0.3) is 0 Å². The standard InChI is InChI=1S/C21H20N2OS/c1-3-14(2)24-16-10-8-15(9-11-16)21-23-20(13-25-21)18-12-22-19-7-5-4-6-17(18)19/h4-14,22H,3H2,1-2H3. The Bertz CT molecular complexity index is 984. The first-order valence-corrected chi connectivity index (χ1v) is 9.41. The first kappa shape index (κ1) is 15.9. The van der Waals surface area contributed by atoms with Crippen LogP contribution < -0.4 is 4.74 Å². The SMILES string of the molecule is CCC(C)Oc1ccc(-c2nc(-c3c[nH]c4ccccc34)cs2)cc1. The van der Waals surface area contributed by atoms with Crippen molar-refractivity contribution in [1.29, 1.82) is 0 Å². The molecule has 4 aromatic rings. The first-order chi connectivity index (χ1) is 12.2. The Morgan fingerprint density at radius 2 is 1.92 bits per heavy atom. The zero-order valence-corrected chi connectivity index (χ0v) is 15.1. The molecule has 4 rings (SSSR count). The number of para-hydroxylation sites is 1. The molecule has 0 amide bonds. The lowest BCUT2D eigenvalue weighted by molar-refractivity contribution is 0.217. The van der Waals surface area contributed by atoms with Crippen molar-refractivity contribution in [2.24, 2.45) is 0 Å². The van der Waals surface area contributed by atoms with E-state index in [9.17, 15) is 0 Å². The van der Waals surface area contributed by atoms with Crippen LogP contribution in [0.2, 0.25) is 0 Å². The summed E-state index contributed by atoms with van der Waals surface area (Å²) in [6, 6.07) is 16.5. The lowest BCUT2D eigenvalue weighted by Gasteiger charge is -2.12. The van der Waals surface area contributed by atoms with Crippen LogP contribution in [0.1, 0.15) is 20.3 Å². The fourth-order valence-corrected chi connectivity index (χ4v) is 3.63. The van der Waals surface area contributed by atoms with Crippen LogP contribution in [0.5, 0.6) is 5.75 Å². The molecule has 1 N–H and O–H groups in total. The molecule has 0 saturated carbocycles. The molecule has 126 valence electrons. The number of rotatable bonds is 5. The van der Waals surface area contributed by atoms with E-state index in [2.05, 4.69) is 54.5 Å². The summed E-state index contributed by atoms with van der Waals surface area (Å²) in [5.74, 6) is 0.909. The normalized spacial score (nSPS) is 12.4. The van der Waals surface area contributed by atoms with Gasteiger partial charge in [0.05, 0.1) is 11.8 Å². The van der Waals surface area contributed by atoms with Gasteiger partial charge in [-0.25, -0.2) is 4.98 Å². The molecule has 1 unspecified atom stereocenters. The zero-order valence-electron chi connectivity index (χ0n) is 14.3. The summed E-state index contributed by atoms with van der Waals surface area (Å²) >= 11 is 1.67. The van der Waals surface area contributed by atoms with Gasteiger partial charge in [-0.1, -0.05) is 25.1 Å². The number of fused-ring (bicyclic) bond motifs is 1. The fraction of sp³-hybridized carbons (Fsp3) is 0.190. The van der Waals surface area contributed by atoms with Crippen LogP contribution in [0, 0.1) is 0 Å². The number of hydrogen-bond donors (Lipinski definition) is 1. The van der Waals surface area contributed by atoms with E-state index in [-0.39, 0.29) is 6.10 Å². The third kappa shape index (κ3) is 3.17. The van der Waals surface area contributed by atoms with Crippen LogP contribution in [-0.4, -0.2) is 16.1 Å². The third-order valence-electron chi connectivity index (χ3n) is 4.38. The summed E-state index contributed by atoms with van der Waals surface area (Å²) in [5.41, 5.74) is 4.42. The number of hydrogen-bond acceptors (Lipinski definition) is 3. The van der Waals surface area contributed by atoms with Gasteiger partial charge in [0.15, 0.2) is 0 Å². The monoisotopic (exact) mass is 348 g/mol. The van der Waals surface area contributed by atoms with Crippen molar-refractivity contribution in [3.05, 3.63) is 60.1 Å². The summed E-state index contributed by atoms with van der Waals surface area (Å²) in [6.45, 7) is 4.21. The maximum absolute atomic E-state index is 5.85. The number of benzene rings is 2. The molecule has 1 atom stereocenters. The van der Waals surface area contributed by atoms with Crippen molar-refractivity contribution in [2.75, 3.05) is 0 Å². The zero-order chi connectivity index (χ0) is 17.2. The number of aromatic amines is 1. The Labute approximate surface area is 151 Å². The van der Waals surface area contributed by atoms with E-state index in [1.54, 1.807) is 11.3 Å². The van der Waals surface area contributed by atoms with Crippen molar-refractivity contribution >= 4 is 22.2 Å². The van der Waals surface area contributed by atoms with Crippen molar-refractivity contribution in [3.63, 3.8) is 0 Å². The van der Waals surface area contributed by atoms with Crippen LogP contribution in [0.3, 0.4) is 0 Å². The maximum atomic E-state index is 5.85. The summed E-state index contributed by atoms with van der Waals surface area (Å²) in [5, 5.41) is 4.35. The minimum Gasteiger partial charge on any atom is -0.491 e. The molecular formula is C21H20N2OS. The van der Waals surface area contributed by atoms with Gasteiger partial charge in [-0.3, -0.25) is 0 Å². The summed E-state index contributed by atoms with van der Waals surface area (Å²) in [7, 11) is 0. The van der Waals surface area contributed by atoms with Crippen molar-refractivity contribution in [3.8, 4) is 27.6 Å². The molecule has 2 aromatic carbocycles. The second-order valence-electron chi connectivity index (χ2n) is 6.15. The summed E-state index contributed by atoms with van der Waals surface area (Å²) in [4.78, 5) is 8.15. The largest absolute Gasteiger partial charge is 0.491 e. The molecule has 0 spiro atoms. The van der Waals surface area contributed by atoms with Crippen molar-refractivity contribution < 1.29 is 4.74 Å². The molecule has 0 aliphatic heterocycles. The first-order valence-electron chi connectivity index (χ1n) is 8.53. The average molecular weight is 348 g/mol. The topological polar surface area (TPSA) is 37.9 Å². The predicted octanol–water partition coefficient (Wildman–Crippen LogP) is 6.14. The van der Waals surface area contributed by atoms with E-state index in [4.69, 9.17) is 9.72 Å². The number of aromatic nitrogens is 2. The van der Waals surface area contributed by atoms with Crippen LogP contribution in [0.15, 0.2) is 60.1 Å². The lowest BCUT2D eigenvalue weighted by atomic mass is 10.1. The maximum Gasteiger partial charge on any atom is 0.124 e. The Morgan fingerprint density at radius 1 is 1.12 bits per heavy atom. The molecule has 2 aromatic heterocycles. The van der Waals surface area contributed by atoms with Crippen LogP contribution in [0.4, 0.5) is 0 Å². The highest BCUT2D eigenvalue weighted by Gasteiger charge is 2.11. The molecule has 0 aliphatic rings. The molecule has 0 radical (unpaired) electrons. The van der Waals surface area contributed by atoms with Gasteiger partial charge in [-0.15, -0.1) is 11.3 Å². The summed E-state index contributed by atoms with van der Waals surface area (Å²) < 4.78 is 5.85. The van der Waals surface area contributed by atoms with Gasteiger partial charge in [-0.05, 0) is 43.7 Å². The Kier molecular flexibility index (Phi) is 4.28.